The van der Waals surface area contributed by atoms with Gasteiger partial charge in [0.1, 0.15) is 5.65 Å². The van der Waals surface area contributed by atoms with Crippen LogP contribution in [0.4, 0.5) is 5.69 Å². The summed E-state index contributed by atoms with van der Waals surface area (Å²) < 4.78 is 1.53. The molecule has 0 spiro atoms. The van der Waals surface area contributed by atoms with Gasteiger partial charge in [0.05, 0.1) is 10.9 Å². The minimum atomic E-state index is -0.502. The first kappa shape index (κ1) is 17.7. The van der Waals surface area contributed by atoms with E-state index in [1.807, 2.05) is 18.2 Å². The number of nitrogens with one attached hydrogen (secondary N) is 1. The number of rotatable bonds is 3. The van der Waals surface area contributed by atoms with Crippen LogP contribution < -0.4 is 16.1 Å². The van der Waals surface area contributed by atoms with E-state index >= 15 is 0 Å². The van der Waals surface area contributed by atoms with Crippen LogP contribution in [-0.4, -0.2) is 51.5 Å². The number of benzene rings is 1. The second kappa shape index (κ2) is 6.88. The van der Waals surface area contributed by atoms with Crippen molar-refractivity contribution in [2.24, 2.45) is 0 Å². The first-order valence-corrected chi connectivity index (χ1v) is 9.85. The highest BCUT2D eigenvalue weighted by atomic mass is 16.2. The number of pyridine rings is 1. The summed E-state index contributed by atoms with van der Waals surface area (Å²) in [5, 5.41) is 0.283. The number of fused-ring (bicyclic) bond motifs is 1. The van der Waals surface area contributed by atoms with Crippen molar-refractivity contribution in [3.63, 3.8) is 0 Å². The van der Waals surface area contributed by atoms with E-state index in [1.165, 1.54) is 10.8 Å². The monoisotopic (exact) mass is 391 g/mol. The Kier molecular flexibility index (Phi) is 4.19. The fourth-order valence-electron chi connectivity index (χ4n) is 3.92. The van der Waals surface area contributed by atoms with Gasteiger partial charge in [-0.15, -0.1) is 0 Å². The molecule has 1 aliphatic carbocycles. The molecule has 2 aliphatic rings. The molecule has 0 radical (unpaired) electrons. The molecule has 1 aliphatic heterocycles. The predicted molar refractivity (Wildman–Crippen MR) is 109 cm³/mol. The number of nitrogens with zero attached hydrogens (tertiary/aromatic N) is 4. The Morgan fingerprint density at radius 3 is 2.45 bits per heavy atom. The van der Waals surface area contributed by atoms with Crippen LogP contribution in [-0.2, 0) is 0 Å². The van der Waals surface area contributed by atoms with Crippen LogP contribution in [0.2, 0.25) is 0 Å². The molecule has 0 unspecified atom stereocenters. The number of hydrogen-bond donors (Lipinski definition) is 1. The van der Waals surface area contributed by atoms with Crippen LogP contribution in [0.1, 0.15) is 29.2 Å². The number of anilines is 1. The van der Waals surface area contributed by atoms with Crippen molar-refractivity contribution in [1.29, 1.82) is 0 Å². The van der Waals surface area contributed by atoms with Crippen LogP contribution in [0.5, 0.6) is 0 Å². The van der Waals surface area contributed by atoms with E-state index in [9.17, 15) is 14.4 Å². The molecule has 8 nitrogen and oxygen atoms in total. The zero-order valence-corrected chi connectivity index (χ0v) is 15.9. The zero-order chi connectivity index (χ0) is 20.0. The fraction of sp³-hybridized carbons (Fsp3) is 0.333. The third kappa shape index (κ3) is 3.20. The molecule has 1 N–H and O–H groups in total. The van der Waals surface area contributed by atoms with Gasteiger partial charge in [-0.1, -0.05) is 18.2 Å². The Morgan fingerprint density at radius 2 is 1.76 bits per heavy atom. The molecule has 2 fully saturated rings. The number of aromatic nitrogens is 3. The minimum Gasteiger partial charge on any atom is -0.368 e. The quantitative estimate of drug-likeness (QED) is 0.728. The van der Waals surface area contributed by atoms with Crippen LogP contribution in [0.15, 0.2) is 52.2 Å². The lowest BCUT2D eigenvalue weighted by molar-refractivity contribution is 0.0746. The number of para-hydroxylation sites is 1. The summed E-state index contributed by atoms with van der Waals surface area (Å²) in [6.07, 6.45) is 3.27. The van der Waals surface area contributed by atoms with Crippen molar-refractivity contribution in [3.8, 4) is 0 Å². The summed E-state index contributed by atoms with van der Waals surface area (Å²) in [5.41, 5.74) is 0.937. The number of carbonyl (C=O) groups excluding carboxylic acids is 1. The van der Waals surface area contributed by atoms with Gasteiger partial charge in [0.15, 0.2) is 0 Å². The molecule has 1 aromatic carbocycles. The van der Waals surface area contributed by atoms with E-state index < -0.39 is 11.2 Å². The third-order valence-electron chi connectivity index (χ3n) is 5.63. The summed E-state index contributed by atoms with van der Waals surface area (Å²) in [7, 11) is 0. The molecule has 1 saturated carbocycles. The van der Waals surface area contributed by atoms with Gasteiger partial charge in [0.2, 0.25) is 0 Å². The van der Waals surface area contributed by atoms with E-state index in [4.69, 9.17) is 0 Å². The largest absolute Gasteiger partial charge is 0.368 e. The van der Waals surface area contributed by atoms with Gasteiger partial charge in [-0.05, 0) is 31.0 Å². The summed E-state index contributed by atoms with van der Waals surface area (Å²) in [6, 6.07) is 11.8. The van der Waals surface area contributed by atoms with Gasteiger partial charge in [-0.25, -0.2) is 9.78 Å². The van der Waals surface area contributed by atoms with Crippen LogP contribution in [0.3, 0.4) is 0 Å². The molecule has 29 heavy (non-hydrogen) atoms. The highest BCUT2D eigenvalue weighted by Gasteiger charge is 2.28. The van der Waals surface area contributed by atoms with Crippen molar-refractivity contribution >= 4 is 22.6 Å². The molecule has 3 aromatic rings. The van der Waals surface area contributed by atoms with Gasteiger partial charge in [0.25, 0.3) is 11.5 Å². The second-order valence-corrected chi connectivity index (χ2v) is 7.57. The molecule has 0 bridgehead atoms. The molecule has 3 heterocycles. The number of piperazine rings is 1. The van der Waals surface area contributed by atoms with Crippen LogP contribution >= 0.6 is 0 Å². The fourth-order valence-corrected chi connectivity index (χ4v) is 3.92. The molecule has 148 valence electrons. The SMILES string of the molecule is O=C(c1cnc2c(c1)c(=O)[nH]c(=O)n2C1CC1)N1CCN(c2ccccc2)CC1. The highest BCUT2D eigenvalue weighted by Crippen LogP contribution is 2.34. The molecule has 5 rings (SSSR count). The number of H-pyrrole nitrogens is 1. The Hall–Kier alpha value is -3.42. The lowest BCUT2D eigenvalue weighted by Gasteiger charge is -2.36. The summed E-state index contributed by atoms with van der Waals surface area (Å²) in [4.78, 5) is 48.1. The van der Waals surface area contributed by atoms with E-state index in [2.05, 4.69) is 27.0 Å². The normalized spacial score (nSPS) is 17.0. The van der Waals surface area contributed by atoms with E-state index in [-0.39, 0.29) is 17.3 Å². The van der Waals surface area contributed by atoms with Crippen molar-refractivity contribution in [3.05, 3.63) is 69.0 Å². The minimum absolute atomic E-state index is 0.0852. The first-order valence-electron chi connectivity index (χ1n) is 9.85. The maximum atomic E-state index is 13.0. The summed E-state index contributed by atoms with van der Waals surface area (Å²) >= 11 is 0. The standard InChI is InChI=1S/C21H21N5O3/c27-19-17-12-14(13-22-18(17)26(16-6-7-16)21(29)23-19)20(28)25-10-8-24(9-11-25)15-4-2-1-3-5-15/h1-5,12-13,16H,6-11H2,(H,23,27,29). The van der Waals surface area contributed by atoms with E-state index in [1.54, 1.807) is 11.0 Å². The average molecular weight is 391 g/mol. The summed E-state index contributed by atoms with van der Waals surface area (Å²) in [6.45, 7) is 2.70. The lowest BCUT2D eigenvalue weighted by Crippen LogP contribution is -2.48. The van der Waals surface area contributed by atoms with Crippen molar-refractivity contribution in [1.82, 2.24) is 19.4 Å². The van der Waals surface area contributed by atoms with Gasteiger partial charge < -0.3 is 9.80 Å². The maximum Gasteiger partial charge on any atom is 0.330 e. The van der Waals surface area contributed by atoms with E-state index in [0.717, 1.165) is 31.6 Å². The molecule has 2 aromatic heterocycles. The van der Waals surface area contributed by atoms with Crippen molar-refractivity contribution < 1.29 is 4.79 Å². The number of amides is 1. The van der Waals surface area contributed by atoms with E-state index in [0.29, 0.717) is 24.3 Å². The van der Waals surface area contributed by atoms with Crippen LogP contribution in [0, 0.1) is 0 Å². The Balaban J connectivity index is 1.39. The highest BCUT2D eigenvalue weighted by molar-refractivity contribution is 5.96. The lowest BCUT2D eigenvalue weighted by atomic mass is 10.2. The predicted octanol–water partition coefficient (Wildman–Crippen LogP) is 1.38. The van der Waals surface area contributed by atoms with Crippen LogP contribution in [0.25, 0.3) is 11.0 Å². The van der Waals surface area contributed by atoms with Gasteiger partial charge >= 0.3 is 5.69 Å². The van der Waals surface area contributed by atoms with Gasteiger partial charge in [-0.3, -0.25) is 19.1 Å². The zero-order valence-electron chi connectivity index (χ0n) is 15.9. The maximum absolute atomic E-state index is 13.0. The van der Waals surface area contributed by atoms with Crippen molar-refractivity contribution in [2.75, 3.05) is 31.1 Å². The number of aromatic amines is 1. The summed E-state index contributed by atoms with van der Waals surface area (Å²) in [5.74, 6) is -0.143. The van der Waals surface area contributed by atoms with Crippen molar-refractivity contribution in [2.45, 2.75) is 18.9 Å². The number of hydrogen-bond acceptors (Lipinski definition) is 5. The first-order chi connectivity index (χ1) is 14.1. The average Bonchev–Trinajstić information content (AvgIpc) is 3.59. The Bertz CT molecular complexity index is 1190. The third-order valence-corrected chi connectivity index (χ3v) is 5.63. The second-order valence-electron chi connectivity index (χ2n) is 7.57. The molecule has 1 amide bonds. The van der Waals surface area contributed by atoms with Gasteiger partial charge in [-0.2, -0.15) is 0 Å². The Morgan fingerprint density at radius 1 is 1.03 bits per heavy atom. The number of carbonyl (C=O) groups is 1. The smallest absolute Gasteiger partial charge is 0.330 e. The Labute approximate surface area is 166 Å². The molecule has 0 atom stereocenters. The molecular formula is C21H21N5O3. The topological polar surface area (TPSA) is 91.3 Å². The molecule has 1 saturated heterocycles. The molecule has 8 heteroatoms. The molecular weight excluding hydrogens is 370 g/mol. The van der Waals surface area contributed by atoms with Gasteiger partial charge in [0, 0.05) is 44.1 Å².